The molecule has 4 rings (SSSR count). The molecule has 2 aromatic heterocycles. The van der Waals surface area contributed by atoms with Crippen molar-refractivity contribution in [3.8, 4) is 5.69 Å². The number of benzene rings is 2. The predicted octanol–water partition coefficient (Wildman–Crippen LogP) is 3.87. The quantitative estimate of drug-likeness (QED) is 0.519. The molecule has 0 aliphatic rings. The number of halogens is 1. The number of ether oxygens (including phenoxy) is 1. The molecule has 2 aromatic carbocycles. The highest BCUT2D eigenvalue weighted by Gasteiger charge is 2.09. The molecule has 0 aliphatic carbocycles. The van der Waals surface area contributed by atoms with E-state index < -0.39 is 6.09 Å². The molecule has 142 valence electrons. The number of nitrogens with zero attached hydrogens (tertiary/aromatic N) is 3. The van der Waals surface area contributed by atoms with Crippen molar-refractivity contribution in [1.82, 2.24) is 25.3 Å². The van der Waals surface area contributed by atoms with Crippen molar-refractivity contribution in [1.29, 1.82) is 0 Å². The van der Waals surface area contributed by atoms with Gasteiger partial charge in [0.1, 0.15) is 12.3 Å². The molecule has 28 heavy (non-hydrogen) atoms. The molecule has 0 unspecified atom stereocenters. The lowest BCUT2D eigenvalue weighted by Gasteiger charge is -2.05. The van der Waals surface area contributed by atoms with E-state index in [1.807, 2.05) is 42.6 Å². The van der Waals surface area contributed by atoms with E-state index in [2.05, 4.69) is 26.7 Å². The van der Waals surface area contributed by atoms with E-state index in [1.54, 1.807) is 16.9 Å². The predicted molar refractivity (Wildman–Crippen MR) is 107 cm³/mol. The van der Waals surface area contributed by atoms with Crippen LogP contribution in [0.5, 0.6) is 0 Å². The summed E-state index contributed by atoms with van der Waals surface area (Å²) in [6.07, 6.45) is 3.86. The zero-order valence-electron chi connectivity index (χ0n) is 14.9. The van der Waals surface area contributed by atoms with Gasteiger partial charge in [-0.05, 0) is 30.2 Å². The highest BCUT2D eigenvalue weighted by molar-refractivity contribution is 6.32. The minimum atomic E-state index is -0.493. The lowest BCUT2D eigenvalue weighted by atomic mass is 10.1. The Morgan fingerprint density at radius 1 is 1.18 bits per heavy atom. The van der Waals surface area contributed by atoms with Gasteiger partial charge in [-0.1, -0.05) is 47.1 Å². The molecular formula is C20H18ClN5O2. The van der Waals surface area contributed by atoms with E-state index in [9.17, 15) is 4.79 Å². The van der Waals surface area contributed by atoms with Gasteiger partial charge < -0.3 is 15.0 Å². The third-order valence-electron chi connectivity index (χ3n) is 4.33. The van der Waals surface area contributed by atoms with E-state index in [1.165, 1.54) is 0 Å². The molecule has 0 spiro atoms. The summed E-state index contributed by atoms with van der Waals surface area (Å²) in [5.41, 5.74) is 3.48. The smallest absolute Gasteiger partial charge is 0.407 e. The number of rotatable bonds is 6. The molecule has 2 N–H and O–H groups in total. The molecule has 1 amide bonds. The van der Waals surface area contributed by atoms with Crippen LogP contribution >= 0.6 is 11.6 Å². The number of aromatic nitrogens is 4. The normalized spacial score (nSPS) is 10.9. The molecule has 0 aliphatic heterocycles. The van der Waals surface area contributed by atoms with E-state index in [0.717, 1.165) is 16.5 Å². The Hall–Kier alpha value is -3.32. The number of alkyl carbamates (subject to hydrolysis) is 1. The van der Waals surface area contributed by atoms with Gasteiger partial charge in [0.2, 0.25) is 0 Å². The SMILES string of the molecule is O=C(NCCc1c[nH]c2ccccc12)OCc1cn(-c2ccccc2Cl)nn1. The van der Waals surface area contributed by atoms with Crippen LogP contribution in [-0.4, -0.2) is 32.6 Å². The highest BCUT2D eigenvalue weighted by atomic mass is 35.5. The molecule has 8 heteroatoms. The van der Waals surface area contributed by atoms with Crippen LogP contribution in [0.1, 0.15) is 11.3 Å². The summed E-state index contributed by atoms with van der Waals surface area (Å²) in [7, 11) is 0. The highest BCUT2D eigenvalue weighted by Crippen LogP contribution is 2.19. The summed E-state index contributed by atoms with van der Waals surface area (Å²) in [6.45, 7) is 0.510. The number of nitrogens with one attached hydrogen (secondary N) is 2. The molecule has 2 heterocycles. The number of para-hydroxylation sites is 2. The Morgan fingerprint density at radius 3 is 2.89 bits per heavy atom. The van der Waals surface area contributed by atoms with Crippen LogP contribution in [0.25, 0.3) is 16.6 Å². The summed E-state index contributed by atoms with van der Waals surface area (Å²) in [5, 5.41) is 12.5. The lowest BCUT2D eigenvalue weighted by Crippen LogP contribution is -2.26. The molecular weight excluding hydrogens is 378 g/mol. The fourth-order valence-electron chi connectivity index (χ4n) is 2.95. The lowest BCUT2D eigenvalue weighted by molar-refractivity contribution is 0.138. The molecule has 0 fully saturated rings. The molecule has 0 atom stereocenters. The van der Waals surface area contributed by atoms with Gasteiger partial charge >= 0.3 is 6.09 Å². The summed E-state index contributed by atoms with van der Waals surface area (Å²) in [5.74, 6) is 0. The van der Waals surface area contributed by atoms with Gasteiger partial charge in [-0.3, -0.25) is 0 Å². The van der Waals surface area contributed by atoms with Crippen LogP contribution in [0, 0.1) is 0 Å². The first-order chi connectivity index (χ1) is 13.7. The van der Waals surface area contributed by atoms with Gasteiger partial charge in [-0.25, -0.2) is 9.48 Å². The molecule has 0 bridgehead atoms. The van der Waals surface area contributed by atoms with Gasteiger partial charge in [0, 0.05) is 23.6 Å². The number of H-pyrrole nitrogens is 1. The van der Waals surface area contributed by atoms with Gasteiger partial charge in [0.15, 0.2) is 0 Å². The number of hydrogen-bond donors (Lipinski definition) is 2. The summed E-state index contributed by atoms with van der Waals surface area (Å²) < 4.78 is 6.76. The maximum Gasteiger partial charge on any atom is 0.407 e. The third kappa shape index (κ3) is 3.99. The van der Waals surface area contributed by atoms with Crippen LogP contribution < -0.4 is 5.32 Å². The van der Waals surface area contributed by atoms with Crippen molar-refractivity contribution in [3.05, 3.63) is 77.2 Å². The van der Waals surface area contributed by atoms with Crippen molar-refractivity contribution in [2.45, 2.75) is 13.0 Å². The first kappa shape index (κ1) is 18.1. The van der Waals surface area contributed by atoms with E-state index in [-0.39, 0.29) is 6.61 Å². The summed E-state index contributed by atoms with van der Waals surface area (Å²) >= 11 is 6.15. The average Bonchev–Trinajstić information content (AvgIpc) is 3.34. The Balaban J connectivity index is 1.26. The maximum atomic E-state index is 11.9. The van der Waals surface area contributed by atoms with Crippen molar-refractivity contribution in [3.63, 3.8) is 0 Å². The largest absolute Gasteiger partial charge is 0.443 e. The minimum absolute atomic E-state index is 0.0311. The number of amides is 1. The van der Waals surface area contributed by atoms with Crippen LogP contribution in [0.2, 0.25) is 5.02 Å². The van der Waals surface area contributed by atoms with Crippen molar-refractivity contribution in [2.75, 3.05) is 6.54 Å². The average molecular weight is 396 g/mol. The van der Waals surface area contributed by atoms with Crippen LogP contribution in [0.4, 0.5) is 4.79 Å². The Kier molecular flexibility index (Phi) is 5.25. The minimum Gasteiger partial charge on any atom is -0.443 e. The number of carbonyl (C=O) groups excluding carboxylic acids is 1. The second-order valence-electron chi connectivity index (χ2n) is 6.22. The topological polar surface area (TPSA) is 84.8 Å². The van der Waals surface area contributed by atoms with Crippen LogP contribution in [0.15, 0.2) is 60.9 Å². The van der Waals surface area contributed by atoms with E-state index in [4.69, 9.17) is 16.3 Å². The Bertz CT molecular complexity index is 1100. The maximum absolute atomic E-state index is 11.9. The standard InChI is InChI=1S/C20H18ClN5O2/c21-17-6-2-4-8-19(17)26-12-15(24-25-26)13-28-20(27)22-10-9-14-11-23-18-7-3-1-5-16(14)18/h1-8,11-12,23H,9-10,13H2,(H,22,27). The van der Waals surface area contributed by atoms with Gasteiger partial charge in [0.05, 0.1) is 16.9 Å². The summed E-state index contributed by atoms with van der Waals surface area (Å²) in [6, 6.07) is 15.4. The molecule has 7 nitrogen and oxygen atoms in total. The van der Waals surface area contributed by atoms with Gasteiger partial charge in [-0.15, -0.1) is 5.10 Å². The number of fused-ring (bicyclic) bond motifs is 1. The second kappa shape index (κ2) is 8.14. The number of aromatic amines is 1. The first-order valence-electron chi connectivity index (χ1n) is 8.82. The van der Waals surface area contributed by atoms with Crippen LogP contribution in [0.3, 0.4) is 0 Å². The zero-order chi connectivity index (χ0) is 19.3. The van der Waals surface area contributed by atoms with Crippen molar-refractivity contribution < 1.29 is 9.53 Å². The van der Waals surface area contributed by atoms with Gasteiger partial charge in [0.25, 0.3) is 0 Å². The van der Waals surface area contributed by atoms with Gasteiger partial charge in [-0.2, -0.15) is 0 Å². The fourth-order valence-corrected chi connectivity index (χ4v) is 3.17. The first-order valence-corrected chi connectivity index (χ1v) is 9.20. The molecule has 0 saturated carbocycles. The van der Waals surface area contributed by atoms with Crippen LogP contribution in [-0.2, 0) is 17.8 Å². The molecule has 0 saturated heterocycles. The molecule has 0 radical (unpaired) electrons. The zero-order valence-corrected chi connectivity index (χ0v) is 15.7. The summed E-state index contributed by atoms with van der Waals surface area (Å²) in [4.78, 5) is 15.1. The van der Waals surface area contributed by atoms with Crippen molar-refractivity contribution in [2.24, 2.45) is 0 Å². The molecule has 4 aromatic rings. The second-order valence-corrected chi connectivity index (χ2v) is 6.63. The van der Waals surface area contributed by atoms with E-state index in [0.29, 0.717) is 29.4 Å². The monoisotopic (exact) mass is 395 g/mol. The number of hydrogen-bond acceptors (Lipinski definition) is 4. The Morgan fingerprint density at radius 2 is 2.00 bits per heavy atom. The fraction of sp³-hybridized carbons (Fsp3) is 0.150. The Labute approximate surface area is 166 Å². The van der Waals surface area contributed by atoms with Crippen molar-refractivity contribution >= 4 is 28.6 Å². The number of carbonyl (C=O) groups is 1. The third-order valence-corrected chi connectivity index (χ3v) is 4.65. The van der Waals surface area contributed by atoms with E-state index >= 15 is 0 Å².